The number of methoxy groups -OCH3 is 1. The zero-order valence-electron chi connectivity index (χ0n) is 15.8. The van der Waals surface area contributed by atoms with Gasteiger partial charge in [-0.2, -0.15) is 0 Å². The molecule has 1 saturated carbocycles. The lowest BCUT2D eigenvalue weighted by molar-refractivity contribution is 0.0602. The van der Waals surface area contributed by atoms with Gasteiger partial charge in [0.05, 0.1) is 18.4 Å². The number of amides is 1. The molecular weight excluding hydrogens is 374 g/mol. The lowest BCUT2D eigenvalue weighted by atomic mass is 9.89. The summed E-state index contributed by atoms with van der Waals surface area (Å²) < 4.78 is 4.75. The van der Waals surface area contributed by atoms with E-state index in [1.54, 1.807) is 24.3 Å². The molecule has 1 N–H and O–H groups in total. The van der Waals surface area contributed by atoms with E-state index in [4.69, 9.17) is 16.3 Å². The Balaban J connectivity index is 1.70. The number of halogens is 1. The summed E-state index contributed by atoms with van der Waals surface area (Å²) in [5, 5.41) is 3.13. The van der Waals surface area contributed by atoms with E-state index >= 15 is 0 Å². The molecule has 0 heterocycles. The zero-order chi connectivity index (χ0) is 19.9. The minimum absolute atomic E-state index is 0.207. The van der Waals surface area contributed by atoms with Gasteiger partial charge >= 0.3 is 5.97 Å². The fourth-order valence-electron chi connectivity index (χ4n) is 3.24. The molecule has 2 aromatic carbocycles. The molecule has 1 aliphatic rings. The predicted molar refractivity (Wildman–Crippen MR) is 111 cm³/mol. The van der Waals surface area contributed by atoms with Crippen LogP contribution in [-0.4, -0.2) is 19.0 Å². The van der Waals surface area contributed by atoms with Crippen molar-refractivity contribution >= 4 is 29.2 Å². The first-order valence-corrected chi connectivity index (χ1v) is 9.75. The predicted octanol–water partition coefficient (Wildman–Crippen LogP) is 5.31. The molecule has 0 spiro atoms. The highest BCUT2D eigenvalue weighted by Crippen LogP contribution is 2.23. The maximum absolute atomic E-state index is 12.5. The SMILES string of the molecule is COC(=O)c1cc(Cl)ccc1NC(=O)c1ccc(C#CC2CCCCC2)cc1. The van der Waals surface area contributed by atoms with Crippen LogP contribution in [0.3, 0.4) is 0 Å². The van der Waals surface area contributed by atoms with Crippen molar-refractivity contribution in [3.05, 3.63) is 64.2 Å². The van der Waals surface area contributed by atoms with E-state index in [2.05, 4.69) is 17.2 Å². The Morgan fingerprint density at radius 1 is 1.07 bits per heavy atom. The van der Waals surface area contributed by atoms with Gasteiger partial charge in [0.25, 0.3) is 5.91 Å². The van der Waals surface area contributed by atoms with Crippen LogP contribution in [0.5, 0.6) is 0 Å². The minimum Gasteiger partial charge on any atom is -0.465 e. The Morgan fingerprint density at radius 3 is 2.46 bits per heavy atom. The van der Waals surface area contributed by atoms with Crippen LogP contribution in [0.1, 0.15) is 58.4 Å². The maximum Gasteiger partial charge on any atom is 0.340 e. The van der Waals surface area contributed by atoms with Gasteiger partial charge in [-0.15, -0.1) is 0 Å². The van der Waals surface area contributed by atoms with E-state index in [0.29, 0.717) is 22.2 Å². The molecule has 1 amide bonds. The van der Waals surface area contributed by atoms with Gasteiger partial charge in [-0.3, -0.25) is 4.79 Å². The van der Waals surface area contributed by atoms with Crippen molar-refractivity contribution in [2.75, 3.05) is 12.4 Å². The van der Waals surface area contributed by atoms with Crippen molar-refractivity contribution < 1.29 is 14.3 Å². The van der Waals surface area contributed by atoms with E-state index < -0.39 is 5.97 Å². The Morgan fingerprint density at radius 2 is 1.79 bits per heavy atom. The molecule has 1 fully saturated rings. The number of hydrogen-bond acceptors (Lipinski definition) is 3. The van der Waals surface area contributed by atoms with Crippen molar-refractivity contribution in [3.63, 3.8) is 0 Å². The first-order chi connectivity index (χ1) is 13.6. The molecule has 28 heavy (non-hydrogen) atoms. The largest absolute Gasteiger partial charge is 0.465 e. The van der Waals surface area contributed by atoms with Crippen molar-refractivity contribution in [3.8, 4) is 11.8 Å². The van der Waals surface area contributed by atoms with Crippen LogP contribution in [-0.2, 0) is 4.74 Å². The number of carbonyl (C=O) groups is 2. The summed E-state index contributed by atoms with van der Waals surface area (Å²) in [7, 11) is 1.28. The van der Waals surface area contributed by atoms with Crippen LogP contribution in [0.4, 0.5) is 5.69 Å². The van der Waals surface area contributed by atoms with Crippen molar-refractivity contribution in [1.29, 1.82) is 0 Å². The number of carbonyl (C=O) groups excluding carboxylic acids is 2. The van der Waals surface area contributed by atoms with Crippen molar-refractivity contribution in [2.24, 2.45) is 5.92 Å². The smallest absolute Gasteiger partial charge is 0.340 e. The molecule has 4 nitrogen and oxygen atoms in total. The van der Waals surface area contributed by atoms with Crippen molar-refractivity contribution in [1.82, 2.24) is 0 Å². The van der Waals surface area contributed by atoms with Gasteiger partial charge in [0.15, 0.2) is 0 Å². The Bertz CT molecular complexity index is 919. The number of ether oxygens (including phenoxy) is 1. The zero-order valence-corrected chi connectivity index (χ0v) is 16.5. The van der Waals surface area contributed by atoms with Crippen LogP contribution >= 0.6 is 11.6 Å². The second kappa shape index (κ2) is 9.43. The van der Waals surface area contributed by atoms with Gasteiger partial charge in [0.2, 0.25) is 0 Å². The Labute approximate surface area is 170 Å². The second-order valence-electron chi connectivity index (χ2n) is 6.82. The number of esters is 1. The molecule has 0 saturated heterocycles. The Hall–Kier alpha value is -2.77. The molecule has 5 heteroatoms. The third kappa shape index (κ3) is 5.15. The first-order valence-electron chi connectivity index (χ1n) is 9.37. The van der Waals surface area contributed by atoms with Crippen molar-refractivity contribution in [2.45, 2.75) is 32.1 Å². The first kappa shape index (κ1) is 20.0. The molecule has 0 radical (unpaired) electrons. The van der Waals surface area contributed by atoms with E-state index in [1.807, 2.05) is 12.1 Å². The Kier molecular flexibility index (Phi) is 6.73. The molecule has 2 aromatic rings. The van der Waals surface area contributed by atoms with Gasteiger partial charge in [-0.1, -0.05) is 42.7 Å². The van der Waals surface area contributed by atoms with Gasteiger partial charge in [-0.05, 0) is 55.3 Å². The summed E-state index contributed by atoms with van der Waals surface area (Å²) in [5.41, 5.74) is 1.93. The number of nitrogens with one attached hydrogen (secondary N) is 1. The molecule has 1 aliphatic carbocycles. The topological polar surface area (TPSA) is 55.4 Å². The highest BCUT2D eigenvalue weighted by molar-refractivity contribution is 6.31. The van der Waals surface area contributed by atoms with Crippen LogP contribution in [0.15, 0.2) is 42.5 Å². The summed E-state index contributed by atoms with van der Waals surface area (Å²) in [5.74, 6) is 6.15. The summed E-state index contributed by atoms with van der Waals surface area (Å²) in [6.07, 6.45) is 6.19. The molecular formula is C23H22ClNO3. The third-order valence-corrected chi connectivity index (χ3v) is 5.04. The van der Waals surface area contributed by atoms with Crippen LogP contribution in [0, 0.1) is 17.8 Å². The van der Waals surface area contributed by atoms with E-state index in [-0.39, 0.29) is 11.5 Å². The van der Waals surface area contributed by atoms with Crippen LogP contribution < -0.4 is 5.32 Å². The number of hydrogen-bond donors (Lipinski definition) is 1. The highest BCUT2D eigenvalue weighted by Gasteiger charge is 2.15. The maximum atomic E-state index is 12.5. The number of benzene rings is 2. The normalized spacial score (nSPS) is 13.9. The summed E-state index contributed by atoms with van der Waals surface area (Å²) in [6, 6.07) is 11.8. The minimum atomic E-state index is -0.564. The lowest BCUT2D eigenvalue weighted by Gasteiger charge is -2.15. The van der Waals surface area contributed by atoms with E-state index in [9.17, 15) is 9.59 Å². The fraction of sp³-hybridized carbons (Fsp3) is 0.304. The summed E-state index contributed by atoms with van der Waals surface area (Å²) in [4.78, 5) is 24.5. The van der Waals surface area contributed by atoms with Gasteiger partial charge < -0.3 is 10.1 Å². The van der Waals surface area contributed by atoms with E-state index in [1.165, 1.54) is 45.3 Å². The molecule has 0 unspecified atom stereocenters. The standard InChI is InChI=1S/C23H22ClNO3/c1-28-23(27)20-15-19(24)13-14-21(20)25-22(26)18-11-9-17(10-12-18)8-7-16-5-3-2-4-6-16/h9-16H,2-6H2,1H3,(H,25,26). The molecule has 0 aromatic heterocycles. The number of rotatable bonds is 3. The number of anilines is 1. The van der Waals surface area contributed by atoms with Gasteiger partial charge in [-0.25, -0.2) is 4.79 Å². The average Bonchev–Trinajstić information content (AvgIpc) is 2.74. The molecule has 3 rings (SSSR count). The van der Waals surface area contributed by atoms with Gasteiger partial charge in [0.1, 0.15) is 0 Å². The molecule has 0 aliphatic heterocycles. The molecule has 0 bridgehead atoms. The molecule has 0 atom stereocenters. The lowest BCUT2D eigenvalue weighted by Crippen LogP contribution is -2.15. The quantitative estimate of drug-likeness (QED) is 0.566. The third-order valence-electron chi connectivity index (χ3n) is 4.81. The second-order valence-corrected chi connectivity index (χ2v) is 7.25. The van der Waals surface area contributed by atoms with E-state index in [0.717, 1.165) is 5.56 Å². The average molecular weight is 396 g/mol. The van der Waals surface area contributed by atoms with Gasteiger partial charge in [0, 0.05) is 22.1 Å². The van der Waals surface area contributed by atoms with Crippen LogP contribution in [0.2, 0.25) is 5.02 Å². The highest BCUT2D eigenvalue weighted by atomic mass is 35.5. The van der Waals surface area contributed by atoms with Crippen LogP contribution in [0.25, 0.3) is 0 Å². The monoisotopic (exact) mass is 395 g/mol. The summed E-state index contributed by atoms with van der Waals surface area (Å²) in [6.45, 7) is 0. The molecule has 144 valence electrons. The summed E-state index contributed by atoms with van der Waals surface area (Å²) >= 11 is 5.94. The fourth-order valence-corrected chi connectivity index (χ4v) is 3.41.